The molecule has 4 N–H and O–H groups in total. The number of ether oxygens (including phenoxy) is 1. The first-order valence-electron chi connectivity index (χ1n) is 6.50. The van der Waals surface area contributed by atoms with E-state index in [-0.39, 0.29) is 5.91 Å². The van der Waals surface area contributed by atoms with E-state index >= 15 is 0 Å². The molecule has 0 spiro atoms. The lowest BCUT2D eigenvalue weighted by Crippen LogP contribution is -2.12. The molecule has 0 fully saturated rings. The maximum absolute atomic E-state index is 12.3. The number of aromatic nitrogens is 1. The Hall–Kier alpha value is -2.95. The van der Waals surface area contributed by atoms with Gasteiger partial charge < -0.3 is 20.8 Å². The van der Waals surface area contributed by atoms with Gasteiger partial charge in [0.2, 0.25) is 0 Å². The van der Waals surface area contributed by atoms with Crippen molar-refractivity contribution < 1.29 is 9.53 Å². The van der Waals surface area contributed by atoms with Crippen LogP contribution < -0.4 is 15.8 Å². The lowest BCUT2D eigenvalue weighted by atomic mass is 10.2. The zero-order valence-corrected chi connectivity index (χ0v) is 11.5. The lowest BCUT2D eigenvalue weighted by Gasteiger charge is -2.08. The maximum Gasteiger partial charge on any atom is 0.272 e. The van der Waals surface area contributed by atoms with Crippen molar-refractivity contribution in [1.29, 1.82) is 0 Å². The van der Waals surface area contributed by atoms with Crippen LogP contribution in [0.15, 0.2) is 48.5 Å². The smallest absolute Gasteiger partial charge is 0.272 e. The molecule has 3 aromatic rings. The molecule has 1 heterocycles. The van der Waals surface area contributed by atoms with Gasteiger partial charge in [-0.2, -0.15) is 0 Å². The third-order valence-corrected chi connectivity index (χ3v) is 3.24. The normalized spacial score (nSPS) is 10.5. The highest BCUT2D eigenvalue weighted by molar-refractivity contribution is 6.06. The summed E-state index contributed by atoms with van der Waals surface area (Å²) in [5, 5.41) is 3.73. The van der Waals surface area contributed by atoms with Crippen molar-refractivity contribution in [2.24, 2.45) is 0 Å². The molecule has 0 aliphatic rings. The number of nitrogens with two attached hydrogens (primary N) is 1. The van der Waals surface area contributed by atoms with Gasteiger partial charge in [-0.05, 0) is 36.4 Å². The lowest BCUT2D eigenvalue weighted by molar-refractivity contribution is 0.102. The number of hydrogen-bond acceptors (Lipinski definition) is 3. The predicted octanol–water partition coefficient (Wildman–Crippen LogP) is 3.01. The number of fused-ring (bicyclic) bond motifs is 1. The van der Waals surface area contributed by atoms with Crippen molar-refractivity contribution in [1.82, 2.24) is 4.98 Å². The Bertz CT molecular complexity index is 808. The van der Waals surface area contributed by atoms with E-state index in [9.17, 15) is 4.79 Å². The van der Waals surface area contributed by atoms with Crippen LogP contribution in [0.2, 0.25) is 0 Å². The number of para-hydroxylation sites is 2. The summed E-state index contributed by atoms with van der Waals surface area (Å²) in [7, 11) is 1.57. The molecule has 1 amide bonds. The Labute approximate surface area is 121 Å². The van der Waals surface area contributed by atoms with Crippen LogP contribution in [0.3, 0.4) is 0 Å². The number of rotatable bonds is 3. The van der Waals surface area contributed by atoms with E-state index in [1.807, 2.05) is 24.3 Å². The minimum atomic E-state index is -0.228. The van der Waals surface area contributed by atoms with Crippen LogP contribution in [0.4, 0.5) is 11.4 Å². The van der Waals surface area contributed by atoms with Crippen LogP contribution in [0.1, 0.15) is 10.5 Å². The Balaban J connectivity index is 1.90. The zero-order chi connectivity index (χ0) is 14.8. The molecular weight excluding hydrogens is 266 g/mol. The minimum absolute atomic E-state index is 0.228. The van der Waals surface area contributed by atoms with Gasteiger partial charge in [-0.3, -0.25) is 4.79 Å². The average Bonchev–Trinajstić information content (AvgIpc) is 2.91. The van der Waals surface area contributed by atoms with E-state index in [0.717, 1.165) is 10.9 Å². The maximum atomic E-state index is 12.3. The summed E-state index contributed by atoms with van der Waals surface area (Å²) >= 11 is 0. The standard InChI is InChI=1S/C16H15N3O2/c1-21-15-5-3-2-4-13(15)19-16(20)14-9-10-8-11(17)6-7-12(10)18-14/h2-9,18H,17H2,1H3,(H,19,20). The molecule has 0 saturated heterocycles. The third-order valence-electron chi connectivity index (χ3n) is 3.24. The van der Waals surface area contributed by atoms with Crippen molar-refractivity contribution in [3.8, 4) is 5.75 Å². The quantitative estimate of drug-likeness (QED) is 0.645. The molecule has 3 rings (SSSR count). The van der Waals surface area contributed by atoms with E-state index < -0.39 is 0 Å². The predicted molar refractivity (Wildman–Crippen MR) is 83.7 cm³/mol. The van der Waals surface area contributed by atoms with Crippen LogP contribution in [0.25, 0.3) is 10.9 Å². The molecule has 0 radical (unpaired) electrons. The zero-order valence-electron chi connectivity index (χ0n) is 11.5. The molecule has 0 atom stereocenters. The highest BCUT2D eigenvalue weighted by atomic mass is 16.5. The number of amides is 1. The molecule has 0 aliphatic heterocycles. The van der Waals surface area contributed by atoms with E-state index in [1.165, 1.54) is 0 Å². The van der Waals surface area contributed by atoms with Gasteiger partial charge in [0.1, 0.15) is 11.4 Å². The summed E-state index contributed by atoms with van der Waals surface area (Å²) in [5.74, 6) is 0.389. The number of carbonyl (C=O) groups excluding carboxylic acids is 1. The first-order valence-corrected chi connectivity index (χ1v) is 6.50. The molecule has 0 saturated carbocycles. The van der Waals surface area contributed by atoms with E-state index in [4.69, 9.17) is 10.5 Å². The number of H-pyrrole nitrogens is 1. The van der Waals surface area contributed by atoms with Crippen LogP contribution in [0.5, 0.6) is 5.75 Å². The van der Waals surface area contributed by atoms with Gasteiger partial charge in [-0.1, -0.05) is 12.1 Å². The molecule has 21 heavy (non-hydrogen) atoms. The van der Waals surface area contributed by atoms with Crippen molar-refractivity contribution in [3.63, 3.8) is 0 Å². The number of aromatic amines is 1. The van der Waals surface area contributed by atoms with Crippen LogP contribution in [-0.4, -0.2) is 18.0 Å². The second kappa shape index (κ2) is 5.20. The fraction of sp³-hybridized carbons (Fsp3) is 0.0625. The molecule has 2 aromatic carbocycles. The highest BCUT2D eigenvalue weighted by Gasteiger charge is 2.12. The Kier molecular flexibility index (Phi) is 3.23. The van der Waals surface area contributed by atoms with E-state index in [1.54, 1.807) is 31.4 Å². The summed E-state index contributed by atoms with van der Waals surface area (Å²) in [5.41, 5.74) is 8.38. The van der Waals surface area contributed by atoms with Crippen LogP contribution in [0, 0.1) is 0 Å². The fourth-order valence-corrected chi connectivity index (χ4v) is 2.21. The van der Waals surface area contributed by atoms with Crippen LogP contribution in [-0.2, 0) is 0 Å². The molecule has 5 heteroatoms. The van der Waals surface area contributed by atoms with Gasteiger partial charge in [0.25, 0.3) is 5.91 Å². The third kappa shape index (κ3) is 2.53. The van der Waals surface area contributed by atoms with Crippen LogP contribution >= 0.6 is 0 Å². The number of benzene rings is 2. The van der Waals surface area contributed by atoms with Gasteiger partial charge in [-0.15, -0.1) is 0 Å². The number of carbonyl (C=O) groups is 1. The van der Waals surface area contributed by atoms with Gasteiger partial charge in [0.05, 0.1) is 12.8 Å². The fourth-order valence-electron chi connectivity index (χ4n) is 2.21. The molecule has 5 nitrogen and oxygen atoms in total. The summed E-state index contributed by atoms with van der Waals surface area (Å²) in [6, 6.07) is 14.5. The van der Waals surface area contributed by atoms with Crippen molar-refractivity contribution in [2.45, 2.75) is 0 Å². The molecular formula is C16H15N3O2. The second-order valence-electron chi connectivity index (χ2n) is 4.68. The van der Waals surface area contributed by atoms with Gasteiger partial charge >= 0.3 is 0 Å². The van der Waals surface area contributed by atoms with Gasteiger partial charge in [0.15, 0.2) is 0 Å². The molecule has 1 aromatic heterocycles. The van der Waals surface area contributed by atoms with Crippen molar-refractivity contribution in [2.75, 3.05) is 18.2 Å². The van der Waals surface area contributed by atoms with E-state index in [0.29, 0.717) is 22.8 Å². The summed E-state index contributed by atoms with van der Waals surface area (Å²) < 4.78 is 5.22. The molecule has 106 valence electrons. The van der Waals surface area contributed by atoms with Crippen molar-refractivity contribution >= 4 is 28.2 Å². The largest absolute Gasteiger partial charge is 0.495 e. The Morgan fingerprint density at radius 2 is 2.00 bits per heavy atom. The van der Waals surface area contributed by atoms with Gasteiger partial charge in [0, 0.05) is 16.6 Å². The molecule has 0 bridgehead atoms. The number of nitrogens with one attached hydrogen (secondary N) is 2. The average molecular weight is 281 g/mol. The number of anilines is 2. The SMILES string of the molecule is COc1ccccc1NC(=O)c1cc2cc(N)ccc2[nH]1. The Morgan fingerprint density at radius 1 is 1.19 bits per heavy atom. The topological polar surface area (TPSA) is 80.1 Å². The minimum Gasteiger partial charge on any atom is -0.495 e. The number of nitrogen functional groups attached to an aromatic ring is 1. The monoisotopic (exact) mass is 281 g/mol. The first-order chi connectivity index (χ1) is 10.2. The van der Waals surface area contributed by atoms with Gasteiger partial charge in [-0.25, -0.2) is 0 Å². The molecule has 0 aliphatic carbocycles. The first kappa shape index (κ1) is 13.1. The number of hydrogen-bond donors (Lipinski definition) is 3. The summed E-state index contributed by atoms with van der Waals surface area (Å²) in [6.07, 6.45) is 0. The highest BCUT2D eigenvalue weighted by Crippen LogP contribution is 2.24. The van der Waals surface area contributed by atoms with E-state index in [2.05, 4.69) is 10.3 Å². The van der Waals surface area contributed by atoms with Crippen molar-refractivity contribution in [3.05, 3.63) is 54.2 Å². The summed E-state index contributed by atoms with van der Waals surface area (Å²) in [6.45, 7) is 0. The number of methoxy groups -OCH3 is 1. The second-order valence-corrected chi connectivity index (χ2v) is 4.68. The Morgan fingerprint density at radius 3 is 2.81 bits per heavy atom. The summed E-state index contributed by atoms with van der Waals surface area (Å²) in [4.78, 5) is 15.4. The molecule has 0 unspecified atom stereocenters.